The first-order chi connectivity index (χ1) is 10.00. The van der Waals surface area contributed by atoms with Gasteiger partial charge in [0.1, 0.15) is 0 Å². The van der Waals surface area contributed by atoms with Crippen LogP contribution in [0.2, 0.25) is 0 Å². The molecule has 1 amide bonds. The number of para-hydroxylation sites is 1. The standard InChI is InChI=1S/C16H24N2O2S/c1-16(20)8-5-10-18(11-9-16)12-15(19)17-13-6-3-4-7-14(13)21-2/h3-4,6-7,20H,5,8-12H2,1-2H3,(H,17,19). The van der Waals surface area contributed by atoms with Crippen molar-refractivity contribution < 1.29 is 9.90 Å². The molecule has 1 saturated heterocycles. The molecule has 21 heavy (non-hydrogen) atoms. The lowest BCUT2D eigenvalue weighted by atomic mass is 9.98. The second kappa shape index (κ2) is 7.29. The van der Waals surface area contributed by atoms with Gasteiger partial charge in [-0.05, 0) is 51.1 Å². The van der Waals surface area contributed by atoms with Crippen molar-refractivity contribution in [2.45, 2.75) is 36.7 Å². The number of hydrogen-bond donors (Lipinski definition) is 2. The Balaban J connectivity index is 1.90. The second-order valence-corrected chi connectivity index (χ2v) is 6.72. The van der Waals surface area contributed by atoms with Crippen LogP contribution in [0.25, 0.3) is 0 Å². The van der Waals surface area contributed by atoms with E-state index in [9.17, 15) is 9.90 Å². The maximum Gasteiger partial charge on any atom is 0.238 e. The van der Waals surface area contributed by atoms with E-state index in [0.29, 0.717) is 6.54 Å². The average molecular weight is 308 g/mol. The Morgan fingerprint density at radius 3 is 2.90 bits per heavy atom. The molecule has 1 aliphatic heterocycles. The molecule has 2 N–H and O–H groups in total. The smallest absolute Gasteiger partial charge is 0.238 e. The molecule has 2 rings (SSSR count). The van der Waals surface area contributed by atoms with E-state index in [4.69, 9.17) is 0 Å². The molecule has 0 spiro atoms. The molecule has 1 atom stereocenters. The van der Waals surface area contributed by atoms with Crippen LogP contribution in [0, 0.1) is 0 Å². The van der Waals surface area contributed by atoms with Crippen LogP contribution < -0.4 is 5.32 Å². The monoisotopic (exact) mass is 308 g/mol. The Hall–Kier alpha value is -1.04. The van der Waals surface area contributed by atoms with E-state index in [1.54, 1.807) is 11.8 Å². The van der Waals surface area contributed by atoms with Gasteiger partial charge in [-0.25, -0.2) is 0 Å². The molecule has 1 aromatic carbocycles. The van der Waals surface area contributed by atoms with Gasteiger partial charge in [0.2, 0.25) is 5.91 Å². The predicted molar refractivity (Wildman–Crippen MR) is 87.8 cm³/mol. The van der Waals surface area contributed by atoms with Gasteiger partial charge in [0.05, 0.1) is 17.8 Å². The van der Waals surface area contributed by atoms with Crippen molar-refractivity contribution in [2.24, 2.45) is 0 Å². The van der Waals surface area contributed by atoms with Crippen molar-refractivity contribution in [3.63, 3.8) is 0 Å². The van der Waals surface area contributed by atoms with Crippen molar-refractivity contribution in [3.05, 3.63) is 24.3 Å². The summed E-state index contributed by atoms with van der Waals surface area (Å²) in [5.74, 6) is 0.0121. The van der Waals surface area contributed by atoms with E-state index in [2.05, 4.69) is 10.2 Å². The molecule has 0 saturated carbocycles. The fourth-order valence-corrected chi connectivity index (χ4v) is 3.17. The van der Waals surface area contributed by atoms with Crippen LogP contribution in [0.15, 0.2) is 29.2 Å². The molecule has 0 bridgehead atoms. The van der Waals surface area contributed by atoms with Crippen molar-refractivity contribution in [2.75, 3.05) is 31.2 Å². The van der Waals surface area contributed by atoms with Crippen molar-refractivity contribution >= 4 is 23.4 Å². The van der Waals surface area contributed by atoms with Crippen molar-refractivity contribution in [1.82, 2.24) is 4.90 Å². The van der Waals surface area contributed by atoms with Gasteiger partial charge in [0.15, 0.2) is 0 Å². The maximum atomic E-state index is 12.2. The number of carbonyl (C=O) groups excluding carboxylic acids is 1. The minimum Gasteiger partial charge on any atom is -0.390 e. The van der Waals surface area contributed by atoms with Crippen LogP contribution in [0.5, 0.6) is 0 Å². The summed E-state index contributed by atoms with van der Waals surface area (Å²) in [6.45, 7) is 3.91. The molecule has 1 aliphatic rings. The quantitative estimate of drug-likeness (QED) is 0.840. The van der Waals surface area contributed by atoms with E-state index >= 15 is 0 Å². The molecule has 5 heteroatoms. The molecule has 1 heterocycles. The van der Waals surface area contributed by atoms with Crippen LogP contribution in [-0.2, 0) is 4.79 Å². The minimum absolute atomic E-state index is 0.0121. The first-order valence-corrected chi connectivity index (χ1v) is 8.60. The van der Waals surface area contributed by atoms with Crippen LogP contribution in [0.1, 0.15) is 26.2 Å². The Kier molecular flexibility index (Phi) is 5.67. The van der Waals surface area contributed by atoms with Gasteiger partial charge < -0.3 is 10.4 Å². The van der Waals surface area contributed by atoms with Gasteiger partial charge in [0.25, 0.3) is 0 Å². The first-order valence-electron chi connectivity index (χ1n) is 7.38. The summed E-state index contributed by atoms with van der Waals surface area (Å²) in [4.78, 5) is 15.4. The highest BCUT2D eigenvalue weighted by Gasteiger charge is 2.25. The molecular formula is C16H24N2O2S. The number of anilines is 1. The van der Waals surface area contributed by atoms with E-state index < -0.39 is 5.60 Å². The Labute approximate surface area is 130 Å². The lowest BCUT2D eigenvalue weighted by molar-refractivity contribution is -0.117. The second-order valence-electron chi connectivity index (χ2n) is 5.88. The number of likely N-dealkylation sites (tertiary alicyclic amines) is 1. The highest BCUT2D eigenvalue weighted by Crippen LogP contribution is 2.25. The normalized spacial score (nSPS) is 23.6. The van der Waals surface area contributed by atoms with Crippen molar-refractivity contribution in [3.8, 4) is 0 Å². The first kappa shape index (κ1) is 16.3. The van der Waals surface area contributed by atoms with Gasteiger partial charge in [-0.1, -0.05) is 12.1 Å². The number of hydrogen-bond acceptors (Lipinski definition) is 4. The number of amides is 1. The molecular weight excluding hydrogens is 284 g/mol. The number of thioether (sulfide) groups is 1. The number of aliphatic hydroxyl groups is 1. The van der Waals surface area contributed by atoms with Crippen LogP contribution in [0.4, 0.5) is 5.69 Å². The SMILES string of the molecule is CSc1ccccc1NC(=O)CN1CCCC(C)(O)CC1. The van der Waals surface area contributed by atoms with Gasteiger partial charge >= 0.3 is 0 Å². The summed E-state index contributed by atoms with van der Waals surface area (Å²) in [7, 11) is 0. The largest absolute Gasteiger partial charge is 0.390 e. The van der Waals surface area contributed by atoms with Gasteiger partial charge in [-0.3, -0.25) is 9.69 Å². The number of nitrogens with one attached hydrogen (secondary N) is 1. The summed E-state index contributed by atoms with van der Waals surface area (Å²) in [6, 6.07) is 7.83. The highest BCUT2D eigenvalue weighted by atomic mass is 32.2. The zero-order valence-corrected chi connectivity index (χ0v) is 13.6. The Morgan fingerprint density at radius 1 is 1.38 bits per heavy atom. The summed E-state index contributed by atoms with van der Waals surface area (Å²) >= 11 is 1.63. The van der Waals surface area contributed by atoms with Crippen LogP contribution in [-0.4, -0.2) is 47.4 Å². The Morgan fingerprint density at radius 2 is 2.14 bits per heavy atom. The molecule has 1 unspecified atom stereocenters. The number of rotatable bonds is 4. The van der Waals surface area contributed by atoms with E-state index in [0.717, 1.165) is 42.9 Å². The summed E-state index contributed by atoms with van der Waals surface area (Å²) in [5.41, 5.74) is 0.285. The molecule has 0 aliphatic carbocycles. The number of carbonyl (C=O) groups is 1. The predicted octanol–water partition coefficient (Wildman–Crippen LogP) is 2.58. The van der Waals surface area contributed by atoms with Gasteiger partial charge in [0, 0.05) is 11.4 Å². The molecule has 0 aromatic heterocycles. The summed E-state index contributed by atoms with van der Waals surface area (Å²) in [5, 5.41) is 13.1. The maximum absolute atomic E-state index is 12.2. The lowest BCUT2D eigenvalue weighted by Gasteiger charge is -2.22. The van der Waals surface area contributed by atoms with Gasteiger partial charge in [-0.2, -0.15) is 0 Å². The number of nitrogens with zero attached hydrogens (tertiary/aromatic N) is 1. The van der Waals surface area contributed by atoms with E-state index in [-0.39, 0.29) is 5.91 Å². The molecule has 1 fully saturated rings. The van der Waals surface area contributed by atoms with Gasteiger partial charge in [-0.15, -0.1) is 11.8 Å². The summed E-state index contributed by atoms with van der Waals surface area (Å²) in [6.07, 6.45) is 4.46. The van der Waals surface area contributed by atoms with Crippen LogP contribution >= 0.6 is 11.8 Å². The minimum atomic E-state index is -0.587. The average Bonchev–Trinajstić information content (AvgIpc) is 2.61. The van der Waals surface area contributed by atoms with Crippen LogP contribution in [0.3, 0.4) is 0 Å². The molecule has 116 valence electrons. The topological polar surface area (TPSA) is 52.6 Å². The van der Waals surface area contributed by atoms with Crippen molar-refractivity contribution in [1.29, 1.82) is 0 Å². The third kappa shape index (κ3) is 5.02. The number of benzene rings is 1. The third-order valence-corrected chi connectivity index (χ3v) is 4.70. The highest BCUT2D eigenvalue weighted by molar-refractivity contribution is 7.98. The fourth-order valence-electron chi connectivity index (χ4n) is 2.62. The zero-order valence-electron chi connectivity index (χ0n) is 12.8. The van der Waals surface area contributed by atoms with E-state index in [1.807, 2.05) is 37.4 Å². The molecule has 0 radical (unpaired) electrons. The zero-order chi connectivity index (χ0) is 15.3. The van der Waals surface area contributed by atoms with E-state index in [1.165, 1.54) is 0 Å². The molecule has 1 aromatic rings. The molecule has 4 nitrogen and oxygen atoms in total. The third-order valence-electron chi connectivity index (χ3n) is 3.90. The Bertz CT molecular complexity index is 491. The fraction of sp³-hybridized carbons (Fsp3) is 0.562. The lowest BCUT2D eigenvalue weighted by Crippen LogP contribution is -2.35. The summed E-state index contributed by atoms with van der Waals surface area (Å²) < 4.78 is 0.